The molecule has 1 aromatic carbocycles. The van der Waals surface area contributed by atoms with Crippen molar-refractivity contribution in [3.63, 3.8) is 0 Å². The standard InChI is InChI=1S/C22H27N7O2/c1-23-11-12-25-17-8-10-26-20-19(17)27-18(28-20)14-24-9-4-5-13-29-21(30)15-6-2-3-7-16(15)22(29)31/h2-3,6-8,10,23-24H,4-5,9,11-14H2,1H3,(H2,25,26,27,28). The van der Waals surface area contributed by atoms with Crippen molar-refractivity contribution in [1.29, 1.82) is 0 Å². The summed E-state index contributed by atoms with van der Waals surface area (Å²) in [6.07, 6.45) is 3.35. The molecular formula is C22H27N7O2. The fourth-order valence-corrected chi connectivity index (χ4v) is 3.68. The van der Waals surface area contributed by atoms with Crippen molar-refractivity contribution < 1.29 is 9.59 Å². The Morgan fingerprint density at radius 1 is 1.00 bits per heavy atom. The van der Waals surface area contributed by atoms with E-state index in [0.717, 1.165) is 49.5 Å². The molecule has 3 heterocycles. The summed E-state index contributed by atoms with van der Waals surface area (Å²) in [5.41, 5.74) is 3.59. The van der Waals surface area contributed by atoms with E-state index < -0.39 is 0 Å². The van der Waals surface area contributed by atoms with Gasteiger partial charge in [-0.1, -0.05) is 12.1 Å². The molecule has 0 unspecified atom stereocenters. The maximum atomic E-state index is 12.4. The molecule has 0 fully saturated rings. The maximum Gasteiger partial charge on any atom is 0.261 e. The molecule has 1 aliphatic heterocycles. The van der Waals surface area contributed by atoms with Crippen LogP contribution in [0.4, 0.5) is 5.69 Å². The van der Waals surface area contributed by atoms with Crippen LogP contribution < -0.4 is 16.0 Å². The lowest BCUT2D eigenvalue weighted by molar-refractivity contribution is 0.0651. The summed E-state index contributed by atoms with van der Waals surface area (Å²) >= 11 is 0. The lowest BCUT2D eigenvalue weighted by Crippen LogP contribution is -2.31. The highest BCUT2D eigenvalue weighted by Crippen LogP contribution is 2.22. The number of imide groups is 1. The summed E-state index contributed by atoms with van der Waals surface area (Å²) in [5.74, 6) is 0.440. The molecule has 2 aromatic heterocycles. The van der Waals surface area contributed by atoms with Crippen molar-refractivity contribution in [3.05, 3.63) is 53.5 Å². The van der Waals surface area contributed by atoms with Crippen molar-refractivity contribution in [2.75, 3.05) is 38.5 Å². The number of hydrogen-bond acceptors (Lipinski definition) is 7. The smallest absolute Gasteiger partial charge is 0.261 e. The third-order valence-corrected chi connectivity index (χ3v) is 5.29. The van der Waals surface area contributed by atoms with Crippen LogP contribution in [0.3, 0.4) is 0 Å². The van der Waals surface area contributed by atoms with Gasteiger partial charge in [0, 0.05) is 25.8 Å². The van der Waals surface area contributed by atoms with Crippen molar-refractivity contribution >= 4 is 28.7 Å². The van der Waals surface area contributed by atoms with Gasteiger partial charge in [0.05, 0.1) is 23.4 Å². The number of nitrogens with zero attached hydrogens (tertiary/aromatic N) is 3. The number of nitrogens with one attached hydrogen (secondary N) is 4. The van der Waals surface area contributed by atoms with Crippen LogP contribution in [-0.4, -0.2) is 64.9 Å². The second kappa shape index (κ2) is 9.67. The number of carbonyl (C=O) groups is 2. The summed E-state index contributed by atoms with van der Waals surface area (Å²) in [6.45, 7) is 3.48. The molecule has 0 saturated heterocycles. The van der Waals surface area contributed by atoms with Crippen LogP contribution in [0.25, 0.3) is 11.2 Å². The number of unbranched alkanes of at least 4 members (excludes halogenated alkanes) is 1. The summed E-state index contributed by atoms with van der Waals surface area (Å²) in [4.78, 5) is 38.3. The zero-order valence-electron chi connectivity index (χ0n) is 17.6. The number of benzene rings is 1. The normalized spacial score (nSPS) is 13.3. The van der Waals surface area contributed by atoms with E-state index in [0.29, 0.717) is 29.9 Å². The number of anilines is 1. The third-order valence-electron chi connectivity index (χ3n) is 5.29. The summed E-state index contributed by atoms with van der Waals surface area (Å²) < 4.78 is 0. The van der Waals surface area contributed by atoms with E-state index in [1.807, 2.05) is 13.1 Å². The van der Waals surface area contributed by atoms with Crippen molar-refractivity contribution in [2.45, 2.75) is 19.4 Å². The zero-order valence-corrected chi connectivity index (χ0v) is 17.6. The van der Waals surface area contributed by atoms with Crippen LogP contribution in [-0.2, 0) is 6.54 Å². The first-order valence-electron chi connectivity index (χ1n) is 10.6. The quantitative estimate of drug-likeness (QED) is 0.275. The average Bonchev–Trinajstić information content (AvgIpc) is 3.31. The Balaban J connectivity index is 1.22. The number of amides is 2. The van der Waals surface area contributed by atoms with Gasteiger partial charge < -0.3 is 20.9 Å². The van der Waals surface area contributed by atoms with Crippen LogP contribution in [0.2, 0.25) is 0 Å². The van der Waals surface area contributed by atoms with Crippen LogP contribution in [0, 0.1) is 0 Å². The monoisotopic (exact) mass is 421 g/mol. The molecule has 9 nitrogen and oxygen atoms in total. The molecule has 0 aliphatic carbocycles. The molecular weight excluding hydrogens is 394 g/mol. The number of fused-ring (bicyclic) bond motifs is 2. The summed E-state index contributed by atoms with van der Waals surface area (Å²) in [6, 6.07) is 8.92. The van der Waals surface area contributed by atoms with Gasteiger partial charge in [-0.2, -0.15) is 0 Å². The Bertz CT molecular complexity index is 1040. The number of hydrogen-bond donors (Lipinski definition) is 4. The van der Waals surface area contributed by atoms with Crippen LogP contribution in [0.5, 0.6) is 0 Å². The van der Waals surface area contributed by atoms with E-state index in [9.17, 15) is 9.59 Å². The van der Waals surface area contributed by atoms with Gasteiger partial charge in [-0.15, -0.1) is 0 Å². The predicted molar refractivity (Wildman–Crippen MR) is 119 cm³/mol. The highest BCUT2D eigenvalue weighted by molar-refractivity contribution is 6.21. The number of carbonyl (C=O) groups excluding carboxylic acids is 2. The van der Waals surface area contributed by atoms with E-state index >= 15 is 0 Å². The van der Waals surface area contributed by atoms with Crippen LogP contribution >= 0.6 is 0 Å². The molecule has 0 spiro atoms. The molecule has 4 rings (SSSR count). The van der Waals surface area contributed by atoms with Crippen LogP contribution in [0.15, 0.2) is 36.5 Å². The zero-order chi connectivity index (χ0) is 21.6. The predicted octanol–water partition coefficient (Wildman–Crippen LogP) is 1.76. The summed E-state index contributed by atoms with van der Waals surface area (Å²) in [5, 5.41) is 9.84. The minimum atomic E-state index is -0.192. The number of rotatable bonds is 11. The number of H-pyrrole nitrogens is 1. The molecule has 1 aliphatic rings. The first-order valence-corrected chi connectivity index (χ1v) is 10.6. The van der Waals surface area contributed by atoms with E-state index in [2.05, 4.69) is 30.9 Å². The Kier molecular flexibility index (Phi) is 6.54. The number of aromatic amines is 1. The molecule has 0 atom stereocenters. The van der Waals surface area contributed by atoms with E-state index in [1.165, 1.54) is 4.90 Å². The van der Waals surface area contributed by atoms with Gasteiger partial charge in [-0.25, -0.2) is 9.97 Å². The molecule has 31 heavy (non-hydrogen) atoms. The van der Waals surface area contributed by atoms with E-state index in [1.54, 1.807) is 30.5 Å². The number of aromatic nitrogens is 3. The Morgan fingerprint density at radius 3 is 2.52 bits per heavy atom. The van der Waals surface area contributed by atoms with Crippen molar-refractivity contribution in [1.82, 2.24) is 30.5 Å². The minimum absolute atomic E-state index is 0.192. The largest absolute Gasteiger partial charge is 0.382 e. The molecule has 3 aromatic rings. The first kappa shape index (κ1) is 21.0. The highest BCUT2D eigenvalue weighted by atomic mass is 16.2. The van der Waals surface area contributed by atoms with Crippen molar-refractivity contribution in [2.24, 2.45) is 0 Å². The molecule has 0 bridgehead atoms. The molecule has 9 heteroatoms. The van der Waals surface area contributed by atoms with E-state index in [-0.39, 0.29) is 11.8 Å². The molecule has 0 radical (unpaired) electrons. The lowest BCUT2D eigenvalue weighted by atomic mass is 10.1. The first-order chi connectivity index (χ1) is 15.2. The van der Waals surface area contributed by atoms with Gasteiger partial charge in [0.15, 0.2) is 5.65 Å². The maximum absolute atomic E-state index is 12.4. The van der Waals surface area contributed by atoms with Gasteiger partial charge in [-0.05, 0) is 44.6 Å². The highest BCUT2D eigenvalue weighted by Gasteiger charge is 2.34. The molecule has 2 amide bonds. The van der Waals surface area contributed by atoms with Gasteiger partial charge in [0.1, 0.15) is 11.3 Å². The van der Waals surface area contributed by atoms with Gasteiger partial charge in [0.25, 0.3) is 11.8 Å². The average molecular weight is 422 g/mol. The molecule has 0 saturated carbocycles. The SMILES string of the molecule is CNCCNc1ccnc2nc(CNCCCCN3C(=O)c4ccccc4C3=O)[nH]c12. The topological polar surface area (TPSA) is 115 Å². The molecule has 4 N–H and O–H groups in total. The fourth-order valence-electron chi connectivity index (χ4n) is 3.68. The second-order valence-corrected chi connectivity index (χ2v) is 7.46. The number of pyridine rings is 1. The third kappa shape index (κ3) is 4.57. The number of likely N-dealkylation sites (N-methyl/N-ethyl adjacent to an activating group) is 1. The Morgan fingerprint density at radius 2 is 1.77 bits per heavy atom. The van der Waals surface area contributed by atoms with E-state index in [4.69, 9.17) is 0 Å². The van der Waals surface area contributed by atoms with Gasteiger partial charge >= 0.3 is 0 Å². The lowest BCUT2D eigenvalue weighted by Gasteiger charge is -2.13. The van der Waals surface area contributed by atoms with Crippen LogP contribution in [0.1, 0.15) is 39.4 Å². The molecule has 162 valence electrons. The van der Waals surface area contributed by atoms with Gasteiger partial charge in [-0.3, -0.25) is 14.5 Å². The van der Waals surface area contributed by atoms with Gasteiger partial charge in [0.2, 0.25) is 0 Å². The summed E-state index contributed by atoms with van der Waals surface area (Å²) in [7, 11) is 1.92. The minimum Gasteiger partial charge on any atom is -0.382 e. The fraction of sp³-hybridized carbons (Fsp3) is 0.364. The Labute approximate surface area is 180 Å². The Hall–Kier alpha value is -3.30. The second-order valence-electron chi connectivity index (χ2n) is 7.46. The number of imidazole rings is 1. The van der Waals surface area contributed by atoms with Crippen molar-refractivity contribution in [3.8, 4) is 0 Å².